The molecular weight excluding hydrogens is 377 g/mol. The standard InChI is InChI=1S/C22H20FNO3S/c23-18-11-9-17(10-12-18)22(19-7-4-14-28-19)24-20(25)15-27-21(26)13-8-16-5-2-1-3-6-16/h1-7,9-12,14,22H,8,13,15H2,(H,24,25)/t22-/m0/s1. The summed E-state index contributed by atoms with van der Waals surface area (Å²) in [5.74, 6) is -1.17. The predicted molar refractivity (Wildman–Crippen MR) is 106 cm³/mol. The second kappa shape index (κ2) is 9.80. The minimum atomic E-state index is -0.423. The first-order chi connectivity index (χ1) is 13.6. The zero-order valence-electron chi connectivity index (χ0n) is 15.1. The molecule has 1 aromatic heterocycles. The third kappa shape index (κ3) is 5.76. The number of halogens is 1. The summed E-state index contributed by atoms with van der Waals surface area (Å²) in [4.78, 5) is 25.1. The highest BCUT2D eigenvalue weighted by Crippen LogP contribution is 2.26. The number of rotatable bonds is 8. The lowest BCUT2D eigenvalue weighted by molar-refractivity contribution is -0.148. The Morgan fingerprint density at radius 1 is 1.00 bits per heavy atom. The van der Waals surface area contributed by atoms with Crippen molar-refractivity contribution < 1.29 is 18.7 Å². The van der Waals surface area contributed by atoms with E-state index in [4.69, 9.17) is 4.74 Å². The molecular formula is C22H20FNO3S. The van der Waals surface area contributed by atoms with Gasteiger partial charge in [-0.3, -0.25) is 9.59 Å². The van der Waals surface area contributed by atoms with E-state index in [1.54, 1.807) is 12.1 Å². The third-order valence-electron chi connectivity index (χ3n) is 4.16. The Kier molecular flexibility index (Phi) is 6.92. The van der Waals surface area contributed by atoms with Crippen molar-refractivity contribution in [2.75, 3.05) is 6.61 Å². The van der Waals surface area contributed by atoms with Crippen LogP contribution in [-0.2, 0) is 20.7 Å². The van der Waals surface area contributed by atoms with Gasteiger partial charge in [-0.15, -0.1) is 11.3 Å². The van der Waals surface area contributed by atoms with Crippen LogP contribution in [-0.4, -0.2) is 18.5 Å². The van der Waals surface area contributed by atoms with E-state index in [2.05, 4.69) is 5.32 Å². The summed E-state index contributed by atoms with van der Waals surface area (Å²) in [7, 11) is 0. The van der Waals surface area contributed by atoms with E-state index in [0.717, 1.165) is 16.0 Å². The Hall–Kier alpha value is -2.99. The second-order valence-corrected chi connectivity index (χ2v) is 7.19. The lowest BCUT2D eigenvalue weighted by atomic mass is 10.1. The molecule has 0 bridgehead atoms. The molecule has 1 amide bonds. The van der Waals surface area contributed by atoms with Crippen LogP contribution in [0.2, 0.25) is 0 Å². The number of esters is 1. The number of hydrogen-bond acceptors (Lipinski definition) is 4. The summed E-state index contributed by atoms with van der Waals surface area (Å²) in [6.07, 6.45) is 0.776. The normalized spacial score (nSPS) is 11.6. The molecule has 0 fully saturated rings. The molecule has 0 saturated heterocycles. The van der Waals surface area contributed by atoms with Crippen LogP contribution < -0.4 is 5.32 Å². The van der Waals surface area contributed by atoms with Crippen LogP contribution in [0.4, 0.5) is 4.39 Å². The molecule has 0 radical (unpaired) electrons. The fraction of sp³-hybridized carbons (Fsp3) is 0.182. The van der Waals surface area contributed by atoms with E-state index >= 15 is 0 Å². The number of thiophene rings is 1. The van der Waals surface area contributed by atoms with E-state index in [0.29, 0.717) is 6.42 Å². The lowest BCUT2D eigenvalue weighted by Gasteiger charge is -2.18. The quantitative estimate of drug-likeness (QED) is 0.578. The summed E-state index contributed by atoms with van der Waals surface area (Å²) in [5.41, 5.74) is 1.80. The van der Waals surface area contributed by atoms with Crippen molar-refractivity contribution in [2.45, 2.75) is 18.9 Å². The molecule has 2 aromatic carbocycles. The number of carbonyl (C=O) groups is 2. The van der Waals surface area contributed by atoms with Crippen LogP contribution in [0.3, 0.4) is 0 Å². The molecule has 144 valence electrons. The molecule has 1 N–H and O–H groups in total. The molecule has 28 heavy (non-hydrogen) atoms. The highest BCUT2D eigenvalue weighted by Gasteiger charge is 2.19. The molecule has 1 atom stereocenters. The van der Waals surface area contributed by atoms with Crippen LogP contribution in [0.1, 0.15) is 28.5 Å². The van der Waals surface area contributed by atoms with Gasteiger partial charge in [0.25, 0.3) is 5.91 Å². The van der Waals surface area contributed by atoms with Gasteiger partial charge in [0.05, 0.1) is 6.04 Å². The van der Waals surface area contributed by atoms with E-state index in [-0.39, 0.29) is 18.8 Å². The summed E-state index contributed by atoms with van der Waals surface area (Å²) in [6, 6.07) is 18.9. The zero-order chi connectivity index (χ0) is 19.8. The molecule has 0 aliphatic rings. The number of carbonyl (C=O) groups excluding carboxylic acids is 2. The van der Waals surface area contributed by atoms with Gasteiger partial charge in [-0.1, -0.05) is 48.5 Å². The third-order valence-corrected chi connectivity index (χ3v) is 5.10. The number of benzene rings is 2. The molecule has 0 aliphatic carbocycles. The Balaban J connectivity index is 1.54. The molecule has 3 aromatic rings. The summed E-state index contributed by atoms with van der Waals surface area (Å²) in [6.45, 7) is -0.351. The van der Waals surface area contributed by atoms with Gasteiger partial charge >= 0.3 is 5.97 Å². The Morgan fingerprint density at radius 2 is 1.75 bits per heavy atom. The first-order valence-electron chi connectivity index (χ1n) is 8.89. The monoisotopic (exact) mass is 397 g/mol. The van der Waals surface area contributed by atoms with E-state index in [9.17, 15) is 14.0 Å². The number of nitrogens with one attached hydrogen (secondary N) is 1. The zero-order valence-corrected chi connectivity index (χ0v) is 16.0. The number of hydrogen-bond donors (Lipinski definition) is 1. The molecule has 0 spiro atoms. The van der Waals surface area contributed by atoms with Crippen molar-refractivity contribution in [2.24, 2.45) is 0 Å². The first-order valence-corrected chi connectivity index (χ1v) is 9.77. The Morgan fingerprint density at radius 3 is 2.43 bits per heavy atom. The topological polar surface area (TPSA) is 55.4 Å². The summed E-state index contributed by atoms with van der Waals surface area (Å²) in [5, 5.41) is 4.76. The Bertz CT molecular complexity index is 895. The van der Waals surface area contributed by atoms with Crippen LogP contribution in [0.15, 0.2) is 72.1 Å². The van der Waals surface area contributed by atoms with Crippen molar-refractivity contribution in [1.82, 2.24) is 5.32 Å². The SMILES string of the molecule is O=C(COC(=O)CCc1ccccc1)N[C@@H](c1ccc(F)cc1)c1cccs1. The molecule has 0 aliphatic heterocycles. The van der Waals surface area contributed by atoms with E-state index in [1.165, 1.54) is 23.5 Å². The van der Waals surface area contributed by atoms with E-state index in [1.807, 2.05) is 47.8 Å². The minimum absolute atomic E-state index is 0.212. The number of aryl methyl sites for hydroxylation is 1. The van der Waals surface area contributed by atoms with Crippen molar-refractivity contribution >= 4 is 23.2 Å². The van der Waals surface area contributed by atoms with Gasteiger partial charge in [0.15, 0.2) is 6.61 Å². The smallest absolute Gasteiger partial charge is 0.306 e. The van der Waals surface area contributed by atoms with Gasteiger partial charge in [0.2, 0.25) is 0 Å². The summed E-state index contributed by atoms with van der Waals surface area (Å²) < 4.78 is 18.3. The highest BCUT2D eigenvalue weighted by molar-refractivity contribution is 7.10. The molecule has 1 heterocycles. The van der Waals surface area contributed by atoms with Gasteiger partial charge in [-0.05, 0) is 41.1 Å². The molecule has 4 nitrogen and oxygen atoms in total. The fourth-order valence-corrected chi connectivity index (χ4v) is 3.54. The predicted octanol–water partition coefficient (Wildman–Crippen LogP) is 4.27. The average molecular weight is 397 g/mol. The van der Waals surface area contributed by atoms with Gasteiger partial charge in [-0.25, -0.2) is 4.39 Å². The number of amides is 1. The fourth-order valence-electron chi connectivity index (χ4n) is 2.74. The molecule has 3 rings (SSSR count). The maximum Gasteiger partial charge on any atom is 0.306 e. The van der Waals surface area contributed by atoms with Gasteiger partial charge in [0, 0.05) is 11.3 Å². The number of ether oxygens (including phenoxy) is 1. The molecule has 0 saturated carbocycles. The second-order valence-electron chi connectivity index (χ2n) is 6.21. The maximum atomic E-state index is 13.2. The highest BCUT2D eigenvalue weighted by atomic mass is 32.1. The Labute approximate surface area is 167 Å². The largest absolute Gasteiger partial charge is 0.456 e. The van der Waals surface area contributed by atoms with E-state index < -0.39 is 17.9 Å². The molecule has 0 unspecified atom stereocenters. The van der Waals surface area contributed by atoms with Crippen molar-refractivity contribution in [3.8, 4) is 0 Å². The minimum Gasteiger partial charge on any atom is -0.456 e. The van der Waals surface area contributed by atoms with Crippen LogP contribution >= 0.6 is 11.3 Å². The lowest BCUT2D eigenvalue weighted by Crippen LogP contribution is -2.32. The average Bonchev–Trinajstić information content (AvgIpc) is 3.25. The molecule has 6 heteroatoms. The van der Waals surface area contributed by atoms with Crippen molar-refractivity contribution in [3.05, 3.63) is 93.9 Å². The maximum absolute atomic E-state index is 13.2. The summed E-state index contributed by atoms with van der Waals surface area (Å²) >= 11 is 1.49. The van der Waals surface area contributed by atoms with Crippen molar-refractivity contribution in [1.29, 1.82) is 0 Å². The van der Waals surface area contributed by atoms with Gasteiger partial charge in [0.1, 0.15) is 5.82 Å². The van der Waals surface area contributed by atoms with Gasteiger partial charge < -0.3 is 10.1 Å². The van der Waals surface area contributed by atoms with Gasteiger partial charge in [-0.2, -0.15) is 0 Å². The van der Waals surface area contributed by atoms with Crippen molar-refractivity contribution in [3.63, 3.8) is 0 Å². The first kappa shape index (κ1) is 19.8. The van der Waals surface area contributed by atoms with Crippen LogP contribution in [0, 0.1) is 5.82 Å². The van der Waals surface area contributed by atoms with Crippen LogP contribution in [0.25, 0.3) is 0 Å². The van der Waals surface area contributed by atoms with Crippen LogP contribution in [0.5, 0.6) is 0 Å².